The number of hydrogen-bond acceptors (Lipinski definition) is 4. The number of carbonyl (C=O) groups excluding carboxylic acids is 2. The third kappa shape index (κ3) is 3.13. The molecule has 0 atom stereocenters. The van der Waals surface area contributed by atoms with Gasteiger partial charge in [-0.25, -0.2) is 4.79 Å². The van der Waals surface area contributed by atoms with Crippen molar-refractivity contribution in [3.8, 4) is 11.3 Å². The number of ketones is 1. The lowest BCUT2D eigenvalue weighted by Crippen LogP contribution is -2.18. The van der Waals surface area contributed by atoms with E-state index in [9.17, 15) is 9.59 Å². The lowest BCUT2D eigenvalue weighted by molar-refractivity contribution is -0.137. The van der Waals surface area contributed by atoms with Crippen LogP contribution >= 0.6 is 0 Å². The van der Waals surface area contributed by atoms with Crippen LogP contribution in [-0.4, -0.2) is 30.0 Å². The lowest BCUT2D eigenvalue weighted by Gasteiger charge is -2.11. The molecule has 1 heterocycles. The molecule has 1 aromatic heterocycles. The van der Waals surface area contributed by atoms with E-state index in [0.29, 0.717) is 16.6 Å². The first kappa shape index (κ1) is 17.9. The van der Waals surface area contributed by atoms with Crippen molar-refractivity contribution in [2.24, 2.45) is 0 Å². The fraction of sp³-hybridized carbons (Fsp3) is 0.238. The van der Waals surface area contributed by atoms with Crippen LogP contribution in [0.2, 0.25) is 0 Å². The number of aromatic nitrogens is 1. The van der Waals surface area contributed by atoms with E-state index in [-0.39, 0.29) is 13.3 Å². The Balaban J connectivity index is 2.36. The smallest absolute Gasteiger partial charge is 0.379 e. The standard InChI is InChI=1S/C21H21NO4/c1-4-26-21(24)20(23)18-16-11-10-14(2)12-17(16)22(13-25-3)19(18)15-8-6-5-7-9-15/h5-12H,4,13H2,1-3H3. The van der Waals surface area contributed by atoms with Gasteiger partial charge in [-0.1, -0.05) is 42.5 Å². The molecule has 2 aromatic carbocycles. The summed E-state index contributed by atoms with van der Waals surface area (Å²) in [6, 6.07) is 15.3. The van der Waals surface area contributed by atoms with Crippen molar-refractivity contribution in [3.63, 3.8) is 0 Å². The van der Waals surface area contributed by atoms with Crippen LogP contribution in [0.1, 0.15) is 22.8 Å². The molecule has 3 aromatic rings. The third-order valence-electron chi connectivity index (χ3n) is 4.21. The van der Waals surface area contributed by atoms with Crippen LogP contribution in [0.5, 0.6) is 0 Å². The van der Waals surface area contributed by atoms with E-state index in [2.05, 4.69) is 0 Å². The van der Waals surface area contributed by atoms with Crippen molar-refractivity contribution >= 4 is 22.7 Å². The maximum Gasteiger partial charge on any atom is 0.379 e. The number of benzene rings is 2. The normalized spacial score (nSPS) is 10.9. The Bertz CT molecular complexity index is 957. The molecule has 0 unspecified atom stereocenters. The van der Waals surface area contributed by atoms with Crippen molar-refractivity contribution in [1.29, 1.82) is 0 Å². The van der Waals surface area contributed by atoms with Crippen LogP contribution in [0.25, 0.3) is 22.2 Å². The molecule has 0 spiro atoms. The van der Waals surface area contributed by atoms with E-state index in [1.165, 1.54) is 0 Å². The SMILES string of the molecule is CCOC(=O)C(=O)c1c(-c2ccccc2)n(COC)c2cc(C)ccc12. The number of ether oxygens (including phenoxy) is 2. The zero-order valence-electron chi connectivity index (χ0n) is 15.1. The molecule has 134 valence electrons. The molecule has 0 amide bonds. The highest BCUT2D eigenvalue weighted by Crippen LogP contribution is 2.35. The molecule has 3 rings (SSSR count). The first-order valence-electron chi connectivity index (χ1n) is 8.47. The van der Waals surface area contributed by atoms with Gasteiger partial charge in [-0.3, -0.25) is 4.79 Å². The Labute approximate surface area is 152 Å². The predicted molar refractivity (Wildman–Crippen MR) is 100 cm³/mol. The lowest BCUT2D eigenvalue weighted by atomic mass is 10.0. The van der Waals surface area contributed by atoms with Crippen molar-refractivity contribution < 1.29 is 19.1 Å². The molecule has 26 heavy (non-hydrogen) atoms. The molecule has 0 bridgehead atoms. The van der Waals surface area contributed by atoms with Gasteiger partial charge in [0.05, 0.1) is 23.4 Å². The van der Waals surface area contributed by atoms with Crippen molar-refractivity contribution in [1.82, 2.24) is 4.57 Å². The fourth-order valence-electron chi connectivity index (χ4n) is 3.15. The highest BCUT2D eigenvalue weighted by Gasteiger charge is 2.28. The summed E-state index contributed by atoms with van der Waals surface area (Å²) in [7, 11) is 1.60. The number of carbonyl (C=O) groups is 2. The summed E-state index contributed by atoms with van der Waals surface area (Å²) in [4.78, 5) is 25.1. The average Bonchev–Trinajstić information content (AvgIpc) is 2.96. The highest BCUT2D eigenvalue weighted by molar-refractivity contribution is 6.44. The number of nitrogens with zero attached hydrogens (tertiary/aromatic N) is 1. The van der Waals surface area contributed by atoms with Gasteiger partial charge in [-0.05, 0) is 31.0 Å². The number of hydrogen-bond donors (Lipinski definition) is 0. The number of methoxy groups -OCH3 is 1. The number of aryl methyl sites for hydroxylation is 1. The highest BCUT2D eigenvalue weighted by atomic mass is 16.5. The summed E-state index contributed by atoms with van der Waals surface area (Å²) >= 11 is 0. The first-order valence-corrected chi connectivity index (χ1v) is 8.47. The molecule has 5 heteroatoms. The summed E-state index contributed by atoms with van der Waals surface area (Å²) in [6.07, 6.45) is 0. The average molecular weight is 351 g/mol. The fourth-order valence-corrected chi connectivity index (χ4v) is 3.15. The zero-order valence-corrected chi connectivity index (χ0v) is 15.1. The Morgan fingerprint density at radius 1 is 1.08 bits per heavy atom. The van der Waals surface area contributed by atoms with Crippen LogP contribution < -0.4 is 0 Å². The molecule has 0 radical (unpaired) electrons. The second kappa shape index (κ2) is 7.54. The number of esters is 1. The Morgan fingerprint density at radius 3 is 2.46 bits per heavy atom. The Morgan fingerprint density at radius 2 is 1.81 bits per heavy atom. The largest absolute Gasteiger partial charge is 0.460 e. The van der Waals surface area contributed by atoms with E-state index in [1.807, 2.05) is 60.0 Å². The molecule has 5 nitrogen and oxygen atoms in total. The van der Waals surface area contributed by atoms with E-state index in [4.69, 9.17) is 9.47 Å². The number of Topliss-reactive ketones (excluding diaryl/α,β-unsaturated/α-hetero) is 1. The van der Waals surface area contributed by atoms with E-state index < -0.39 is 11.8 Å². The minimum atomic E-state index is -0.846. The Hall–Kier alpha value is -2.92. The number of rotatable bonds is 6. The third-order valence-corrected chi connectivity index (χ3v) is 4.21. The van der Waals surface area contributed by atoms with Gasteiger partial charge in [-0.15, -0.1) is 0 Å². The van der Waals surface area contributed by atoms with Crippen LogP contribution in [-0.2, 0) is 21.0 Å². The van der Waals surface area contributed by atoms with Gasteiger partial charge in [0.15, 0.2) is 0 Å². The molecule has 0 N–H and O–H groups in total. The maximum atomic E-state index is 12.9. The van der Waals surface area contributed by atoms with Crippen LogP contribution in [0.3, 0.4) is 0 Å². The molecule has 0 saturated carbocycles. The van der Waals surface area contributed by atoms with Crippen LogP contribution in [0.4, 0.5) is 0 Å². The second-order valence-electron chi connectivity index (χ2n) is 6.01. The minimum absolute atomic E-state index is 0.154. The molecule has 0 aliphatic heterocycles. The summed E-state index contributed by atoms with van der Waals surface area (Å²) in [6.45, 7) is 4.08. The quantitative estimate of drug-likeness (QED) is 0.383. The molecule has 0 saturated heterocycles. The summed E-state index contributed by atoms with van der Waals surface area (Å²) in [5, 5.41) is 0.713. The van der Waals surface area contributed by atoms with Gasteiger partial charge in [0.1, 0.15) is 6.73 Å². The van der Waals surface area contributed by atoms with Crippen LogP contribution in [0.15, 0.2) is 48.5 Å². The van der Waals surface area contributed by atoms with Crippen molar-refractivity contribution in [3.05, 3.63) is 59.7 Å². The summed E-state index contributed by atoms with van der Waals surface area (Å²) in [5.41, 5.74) is 3.75. The molecule has 0 fully saturated rings. The van der Waals surface area contributed by atoms with E-state index >= 15 is 0 Å². The van der Waals surface area contributed by atoms with Crippen LogP contribution in [0, 0.1) is 6.92 Å². The molecular formula is C21H21NO4. The van der Waals surface area contributed by atoms with Gasteiger partial charge in [-0.2, -0.15) is 0 Å². The minimum Gasteiger partial charge on any atom is -0.460 e. The molecule has 0 aliphatic carbocycles. The van der Waals surface area contributed by atoms with Crippen molar-refractivity contribution in [2.45, 2.75) is 20.6 Å². The zero-order chi connectivity index (χ0) is 18.7. The van der Waals surface area contributed by atoms with E-state index in [1.54, 1.807) is 14.0 Å². The maximum absolute atomic E-state index is 12.9. The topological polar surface area (TPSA) is 57.5 Å². The van der Waals surface area contributed by atoms with Gasteiger partial charge < -0.3 is 14.0 Å². The molecular weight excluding hydrogens is 330 g/mol. The molecule has 0 aliphatic rings. The second-order valence-corrected chi connectivity index (χ2v) is 6.01. The van der Waals surface area contributed by atoms with Gasteiger partial charge >= 0.3 is 5.97 Å². The van der Waals surface area contributed by atoms with Gasteiger partial charge in [0, 0.05) is 12.5 Å². The monoisotopic (exact) mass is 351 g/mol. The van der Waals surface area contributed by atoms with Crippen molar-refractivity contribution in [2.75, 3.05) is 13.7 Å². The summed E-state index contributed by atoms with van der Waals surface area (Å²) in [5.74, 6) is -1.49. The summed E-state index contributed by atoms with van der Waals surface area (Å²) < 4.78 is 12.3. The number of fused-ring (bicyclic) bond motifs is 1. The Kier molecular flexibility index (Phi) is 5.19. The van der Waals surface area contributed by atoms with Gasteiger partial charge in [0.2, 0.25) is 0 Å². The van der Waals surface area contributed by atoms with E-state index in [0.717, 1.165) is 16.6 Å². The van der Waals surface area contributed by atoms with Gasteiger partial charge in [0.25, 0.3) is 5.78 Å². The first-order chi connectivity index (χ1) is 12.6. The predicted octanol–water partition coefficient (Wildman–Crippen LogP) is 3.97.